The Balaban J connectivity index is 2.04. The molecule has 0 N–H and O–H groups in total. The van der Waals surface area contributed by atoms with Crippen LogP contribution in [0.4, 0.5) is 0 Å². The van der Waals surface area contributed by atoms with Crippen molar-refractivity contribution in [2.45, 2.75) is 35.8 Å². The van der Waals surface area contributed by atoms with Crippen LogP contribution in [0.1, 0.15) is 25.7 Å². The van der Waals surface area contributed by atoms with Crippen LogP contribution >= 0.6 is 27.7 Å². The molecule has 1 saturated carbocycles. The molecule has 1 aliphatic carbocycles. The molecule has 1 aliphatic rings. The van der Waals surface area contributed by atoms with Crippen molar-refractivity contribution in [2.75, 3.05) is 0 Å². The van der Waals surface area contributed by atoms with Crippen LogP contribution in [0.15, 0.2) is 33.6 Å². The number of rotatable bonds is 2. The summed E-state index contributed by atoms with van der Waals surface area (Å²) in [5.41, 5.74) is 0. The second kappa shape index (κ2) is 4.52. The van der Waals surface area contributed by atoms with Crippen LogP contribution in [0.25, 0.3) is 0 Å². The second-order valence-electron chi connectivity index (χ2n) is 3.45. The van der Waals surface area contributed by atoms with Crippen LogP contribution in [0.5, 0.6) is 0 Å². The molecular formula is C11H13BrS. The van der Waals surface area contributed by atoms with Crippen LogP contribution < -0.4 is 0 Å². The molecule has 0 heterocycles. The Labute approximate surface area is 92.2 Å². The van der Waals surface area contributed by atoms with Gasteiger partial charge >= 0.3 is 0 Å². The van der Waals surface area contributed by atoms with E-state index in [9.17, 15) is 0 Å². The largest absolute Gasteiger partial charge is 0.122 e. The molecule has 0 amide bonds. The van der Waals surface area contributed by atoms with Gasteiger partial charge in [0.15, 0.2) is 0 Å². The van der Waals surface area contributed by atoms with E-state index in [0.717, 1.165) is 5.25 Å². The molecule has 0 aliphatic heterocycles. The van der Waals surface area contributed by atoms with Gasteiger partial charge in [-0.3, -0.25) is 0 Å². The van der Waals surface area contributed by atoms with Crippen LogP contribution in [-0.2, 0) is 0 Å². The van der Waals surface area contributed by atoms with E-state index in [2.05, 4.69) is 40.2 Å². The molecule has 1 fully saturated rings. The highest BCUT2D eigenvalue weighted by molar-refractivity contribution is 9.10. The Morgan fingerprint density at radius 2 is 1.85 bits per heavy atom. The first kappa shape index (κ1) is 9.60. The van der Waals surface area contributed by atoms with Crippen molar-refractivity contribution >= 4 is 27.7 Å². The van der Waals surface area contributed by atoms with E-state index in [1.165, 1.54) is 35.1 Å². The van der Waals surface area contributed by atoms with Crippen molar-refractivity contribution in [3.05, 3.63) is 28.7 Å². The molecule has 1 aromatic carbocycles. The van der Waals surface area contributed by atoms with Gasteiger partial charge < -0.3 is 0 Å². The maximum atomic E-state index is 3.58. The van der Waals surface area contributed by atoms with Crippen molar-refractivity contribution in [1.82, 2.24) is 0 Å². The summed E-state index contributed by atoms with van der Waals surface area (Å²) in [5.74, 6) is 0. The van der Waals surface area contributed by atoms with E-state index in [1.807, 2.05) is 11.8 Å². The van der Waals surface area contributed by atoms with Gasteiger partial charge in [0.25, 0.3) is 0 Å². The molecule has 0 atom stereocenters. The first-order valence-corrected chi connectivity index (χ1v) is 6.45. The van der Waals surface area contributed by atoms with E-state index in [-0.39, 0.29) is 0 Å². The van der Waals surface area contributed by atoms with Gasteiger partial charge in [-0.1, -0.05) is 25.0 Å². The topological polar surface area (TPSA) is 0 Å². The lowest BCUT2D eigenvalue weighted by Crippen LogP contribution is -1.93. The molecule has 0 aromatic heterocycles. The number of hydrogen-bond donors (Lipinski definition) is 0. The fourth-order valence-corrected chi connectivity index (χ4v) is 3.56. The fraction of sp³-hybridized carbons (Fsp3) is 0.455. The maximum absolute atomic E-state index is 3.58. The van der Waals surface area contributed by atoms with E-state index in [0.29, 0.717) is 0 Å². The Morgan fingerprint density at radius 1 is 1.15 bits per heavy atom. The second-order valence-corrected chi connectivity index (χ2v) is 5.65. The van der Waals surface area contributed by atoms with Crippen LogP contribution in [-0.4, -0.2) is 5.25 Å². The average molecular weight is 257 g/mol. The SMILES string of the molecule is Brc1ccccc1SC1CCCC1. The molecule has 1 aromatic rings. The molecule has 0 unspecified atom stereocenters. The monoisotopic (exact) mass is 256 g/mol. The molecule has 0 bridgehead atoms. The van der Waals surface area contributed by atoms with Crippen molar-refractivity contribution in [3.63, 3.8) is 0 Å². The van der Waals surface area contributed by atoms with Gasteiger partial charge in [0.05, 0.1) is 0 Å². The van der Waals surface area contributed by atoms with E-state index >= 15 is 0 Å². The van der Waals surface area contributed by atoms with Crippen molar-refractivity contribution in [1.29, 1.82) is 0 Å². The zero-order chi connectivity index (χ0) is 9.10. The van der Waals surface area contributed by atoms with Gasteiger partial charge in [0, 0.05) is 14.6 Å². The highest BCUT2D eigenvalue weighted by Crippen LogP contribution is 2.37. The van der Waals surface area contributed by atoms with Crippen LogP contribution in [0.3, 0.4) is 0 Å². The third-order valence-electron chi connectivity index (χ3n) is 2.43. The highest BCUT2D eigenvalue weighted by Gasteiger charge is 2.16. The van der Waals surface area contributed by atoms with Gasteiger partial charge in [-0.15, -0.1) is 11.8 Å². The van der Waals surface area contributed by atoms with Crippen molar-refractivity contribution in [3.8, 4) is 0 Å². The molecule has 0 nitrogen and oxygen atoms in total. The predicted molar refractivity (Wildman–Crippen MR) is 62.3 cm³/mol. The minimum Gasteiger partial charge on any atom is -0.122 e. The molecule has 0 radical (unpaired) electrons. The third kappa shape index (κ3) is 2.50. The summed E-state index contributed by atoms with van der Waals surface area (Å²) in [5, 5.41) is 0.860. The Bertz CT molecular complexity index is 279. The van der Waals surface area contributed by atoms with E-state index in [4.69, 9.17) is 0 Å². The number of hydrogen-bond acceptors (Lipinski definition) is 1. The minimum absolute atomic E-state index is 0.860. The smallest absolute Gasteiger partial charge is 0.0311 e. The third-order valence-corrected chi connectivity index (χ3v) is 4.80. The zero-order valence-corrected chi connectivity index (χ0v) is 9.90. The minimum atomic E-state index is 0.860. The van der Waals surface area contributed by atoms with Crippen molar-refractivity contribution in [2.24, 2.45) is 0 Å². The highest BCUT2D eigenvalue weighted by atomic mass is 79.9. The summed E-state index contributed by atoms with van der Waals surface area (Å²) < 4.78 is 1.24. The number of thioether (sulfide) groups is 1. The molecule has 13 heavy (non-hydrogen) atoms. The molecular weight excluding hydrogens is 244 g/mol. The molecule has 0 saturated heterocycles. The van der Waals surface area contributed by atoms with E-state index in [1.54, 1.807) is 0 Å². The Morgan fingerprint density at radius 3 is 2.54 bits per heavy atom. The summed E-state index contributed by atoms with van der Waals surface area (Å²) in [6.07, 6.45) is 5.63. The quantitative estimate of drug-likeness (QED) is 0.752. The maximum Gasteiger partial charge on any atom is 0.0311 e. The van der Waals surface area contributed by atoms with Gasteiger partial charge in [-0.05, 0) is 40.9 Å². The summed E-state index contributed by atoms with van der Waals surface area (Å²) in [4.78, 5) is 1.40. The van der Waals surface area contributed by atoms with E-state index < -0.39 is 0 Å². The first-order chi connectivity index (χ1) is 6.36. The van der Waals surface area contributed by atoms with Crippen LogP contribution in [0.2, 0.25) is 0 Å². The lowest BCUT2D eigenvalue weighted by atomic mass is 10.4. The summed E-state index contributed by atoms with van der Waals surface area (Å²) in [6.45, 7) is 0. The fourth-order valence-electron chi connectivity index (χ4n) is 1.73. The molecule has 70 valence electrons. The average Bonchev–Trinajstić information content (AvgIpc) is 2.61. The summed E-state index contributed by atoms with van der Waals surface area (Å²) in [6, 6.07) is 8.51. The molecule has 2 rings (SSSR count). The standard InChI is InChI=1S/C11H13BrS/c12-10-7-3-4-8-11(10)13-9-5-1-2-6-9/h3-4,7-9H,1-2,5-6H2. The van der Waals surface area contributed by atoms with Crippen LogP contribution in [0, 0.1) is 0 Å². The number of benzene rings is 1. The summed E-state index contributed by atoms with van der Waals surface area (Å²) >= 11 is 5.61. The first-order valence-electron chi connectivity index (χ1n) is 4.77. The lowest BCUT2D eigenvalue weighted by molar-refractivity contribution is 0.886. The Hall–Kier alpha value is 0.0500. The Kier molecular flexibility index (Phi) is 3.33. The summed E-state index contributed by atoms with van der Waals surface area (Å²) in [7, 11) is 0. The van der Waals surface area contributed by atoms with Gasteiger partial charge in [0.2, 0.25) is 0 Å². The lowest BCUT2D eigenvalue weighted by Gasteiger charge is -2.09. The van der Waals surface area contributed by atoms with Crippen molar-refractivity contribution < 1.29 is 0 Å². The van der Waals surface area contributed by atoms with Gasteiger partial charge in [-0.2, -0.15) is 0 Å². The molecule has 0 spiro atoms. The van der Waals surface area contributed by atoms with Gasteiger partial charge in [-0.25, -0.2) is 0 Å². The predicted octanol–water partition coefficient (Wildman–Crippen LogP) is 4.48. The molecule has 2 heteroatoms. The number of halogens is 1. The van der Waals surface area contributed by atoms with Gasteiger partial charge in [0.1, 0.15) is 0 Å². The zero-order valence-electron chi connectivity index (χ0n) is 7.50. The normalized spacial score (nSPS) is 17.9.